The molecule has 0 aromatic heterocycles. The van der Waals surface area contributed by atoms with Crippen LogP contribution in [0.25, 0.3) is 0 Å². The summed E-state index contributed by atoms with van der Waals surface area (Å²) in [5, 5.41) is 0. The highest BCUT2D eigenvalue weighted by atomic mass is 19.4. The third kappa shape index (κ3) is 12.2. The van der Waals surface area contributed by atoms with Crippen LogP contribution in [0.3, 0.4) is 0 Å². The Labute approximate surface area is 166 Å². The van der Waals surface area contributed by atoms with Gasteiger partial charge in [0.05, 0.1) is 0 Å². The van der Waals surface area contributed by atoms with Crippen LogP contribution in [0, 0.1) is 0 Å². The molecule has 1 aliphatic rings. The molecule has 168 valence electrons. The number of hydrogen-bond donors (Lipinski definition) is 0. The minimum absolute atomic E-state index is 0.0285. The number of rotatable bonds is 17. The van der Waals surface area contributed by atoms with Crippen LogP contribution >= 0.6 is 0 Å². The van der Waals surface area contributed by atoms with Gasteiger partial charge in [0.1, 0.15) is 0 Å². The lowest BCUT2D eigenvalue weighted by Gasteiger charge is -2.19. The highest BCUT2D eigenvalue weighted by Gasteiger charge is 2.56. The van der Waals surface area contributed by atoms with E-state index in [9.17, 15) is 22.0 Å². The van der Waals surface area contributed by atoms with E-state index in [0.717, 1.165) is 58.2 Å². The Balaban J connectivity index is 1.74. The summed E-state index contributed by atoms with van der Waals surface area (Å²) in [6.45, 7) is 1.62. The second-order valence-electron chi connectivity index (χ2n) is 7.86. The molecule has 1 saturated heterocycles. The van der Waals surface area contributed by atoms with Crippen LogP contribution in [-0.4, -0.2) is 31.6 Å². The summed E-state index contributed by atoms with van der Waals surface area (Å²) >= 11 is 0. The van der Waals surface area contributed by atoms with Gasteiger partial charge in [-0.15, -0.1) is 0 Å². The maximum atomic E-state index is 12.7. The van der Waals surface area contributed by atoms with E-state index >= 15 is 0 Å². The van der Waals surface area contributed by atoms with Crippen LogP contribution in [0.5, 0.6) is 0 Å². The lowest BCUT2D eigenvalue weighted by atomic mass is 10.0. The maximum absolute atomic E-state index is 12.7. The normalized spacial score (nSPS) is 18.1. The monoisotopic (exact) mass is 416 g/mol. The van der Waals surface area contributed by atoms with E-state index in [4.69, 9.17) is 9.47 Å². The van der Waals surface area contributed by atoms with Crippen molar-refractivity contribution in [1.29, 1.82) is 0 Å². The minimum atomic E-state index is -5.41. The standard InChI is InChI=1S/C21H37F5O2/c22-20(23,21(24,25)26)16-12-10-8-6-4-2-1-3-5-7-9-11-13-17-27-19-15-14-18-28-19/h19H,1-18H2. The second kappa shape index (κ2) is 14.5. The predicted molar refractivity (Wildman–Crippen MR) is 101 cm³/mol. The summed E-state index contributed by atoms with van der Waals surface area (Å²) in [7, 11) is 0. The van der Waals surface area contributed by atoms with E-state index < -0.39 is 18.5 Å². The molecule has 0 aliphatic carbocycles. The van der Waals surface area contributed by atoms with Gasteiger partial charge in [0.15, 0.2) is 6.29 Å². The van der Waals surface area contributed by atoms with E-state index in [2.05, 4.69) is 0 Å². The fourth-order valence-corrected chi connectivity index (χ4v) is 3.43. The van der Waals surface area contributed by atoms with Crippen molar-refractivity contribution >= 4 is 0 Å². The summed E-state index contributed by atoms with van der Waals surface area (Å²) in [5.74, 6) is -4.54. The fraction of sp³-hybridized carbons (Fsp3) is 1.00. The van der Waals surface area contributed by atoms with Crippen LogP contribution < -0.4 is 0 Å². The number of ether oxygens (including phenoxy) is 2. The summed E-state index contributed by atoms with van der Waals surface area (Å²) in [6, 6.07) is 0. The molecule has 0 amide bonds. The van der Waals surface area contributed by atoms with Crippen LogP contribution in [0.15, 0.2) is 0 Å². The van der Waals surface area contributed by atoms with Crippen molar-refractivity contribution in [2.45, 2.75) is 121 Å². The van der Waals surface area contributed by atoms with Gasteiger partial charge in [0, 0.05) is 26.1 Å². The number of unbranched alkanes of at least 4 members (excludes halogenated alkanes) is 12. The first kappa shape index (κ1) is 25.6. The van der Waals surface area contributed by atoms with Crippen molar-refractivity contribution < 1.29 is 31.4 Å². The second-order valence-corrected chi connectivity index (χ2v) is 7.86. The van der Waals surface area contributed by atoms with Gasteiger partial charge in [-0.1, -0.05) is 70.6 Å². The van der Waals surface area contributed by atoms with Crippen molar-refractivity contribution in [3.05, 3.63) is 0 Å². The summed E-state index contributed by atoms with van der Waals surface area (Å²) in [6.07, 6.45) is 8.24. The maximum Gasteiger partial charge on any atom is 0.453 e. The highest BCUT2D eigenvalue weighted by molar-refractivity contribution is 4.75. The van der Waals surface area contributed by atoms with Crippen molar-refractivity contribution in [2.75, 3.05) is 13.2 Å². The molecule has 0 saturated carbocycles. The number of halogens is 5. The van der Waals surface area contributed by atoms with Gasteiger partial charge in [-0.3, -0.25) is 0 Å². The molecule has 0 radical (unpaired) electrons. The molecule has 0 aromatic carbocycles. The molecule has 1 rings (SSSR count). The van der Waals surface area contributed by atoms with Crippen LogP contribution in [-0.2, 0) is 9.47 Å². The molecule has 2 nitrogen and oxygen atoms in total. The molecular weight excluding hydrogens is 379 g/mol. The SMILES string of the molecule is FC(F)(F)C(F)(F)CCCCCCCCCCCCCCCOC1CCCO1. The van der Waals surface area contributed by atoms with Gasteiger partial charge in [0.25, 0.3) is 0 Å². The van der Waals surface area contributed by atoms with Gasteiger partial charge < -0.3 is 9.47 Å². The summed E-state index contributed by atoms with van der Waals surface area (Å²) < 4.78 is 72.5. The largest absolute Gasteiger partial charge is 0.453 e. The van der Waals surface area contributed by atoms with Gasteiger partial charge in [-0.05, 0) is 19.3 Å². The average molecular weight is 417 g/mol. The molecule has 1 heterocycles. The molecule has 0 N–H and O–H groups in total. The molecule has 0 aromatic rings. The predicted octanol–water partition coefficient (Wildman–Crippen LogP) is 7.80. The van der Waals surface area contributed by atoms with Crippen LogP contribution in [0.4, 0.5) is 22.0 Å². The molecular formula is C21H37F5O2. The van der Waals surface area contributed by atoms with E-state index in [0.29, 0.717) is 6.42 Å². The van der Waals surface area contributed by atoms with Gasteiger partial charge in [-0.25, -0.2) is 0 Å². The van der Waals surface area contributed by atoms with E-state index in [-0.39, 0.29) is 12.7 Å². The Kier molecular flexibility index (Phi) is 13.3. The zero-order valence-corrected chi connectivity index (χ0v) is 17.0. The molecule has 1 aliphatic heterocycles. The lowest BCUT2D eigenvalue weighted by molar-refractivity contribution is -0.284. The van der Waals surface area contributed by atoms with Gasteiger partial charge >= 0.3 is 12.1 Å². The third-order valence-corrected chi connectivity index (χ3v) is 5.24. The average Bonchev–Trinajstić information content (AvgIpc) is 3.13. The van der Waals surface area contributed by atoms with Gasteiger partial charge in [-0.2, -0.15) is 22.0 Å². The smallest absolute Gasteiger partial charge is 0.353 e. The fourth-order valence-electron chi connectivity index (χ4n) is 3.43. The Hall–Kier alpha value is -0.430. The molecule has 0 bridgehead atoms. The van der Waals surface area contributed by atoms with E-state index in [1.807, 2.05) is 0 Å². The van der Waals surface area contributed by atoms with Crippen molar-refractivity contribution in [3.63, 3.8) is 0 Å². The molecule has 1 unspecified atom stereocenters. The molecule has 7 heteroatoms. The van der Waals surface area contributed by atoms with Crippen molar-refractivity contribution in [1.82, 2.24) is 0 Å². The van der Waals surface area contributed by atoms with Crippen molar-refractivity contribution in [3.8, 4) is 0 Å². The van der Waals surface area contributed by atoms with E-state index in [1.165, 1.54) is 38.5 Å². The Morgan fingerprint density at radius 3 is 1.57 bits per heavy atom. The quantitative estimate of drug-likeness (QED) is 0.178. The molecule has 1 fully saturated rings. The first-order valence-electron chi connectivity index (χ1n) is 11.0. The number of alkyl halides is 5. The van der Waals surface area contributed by atoms with Gasteiger partial charge in [0.2, 0.25) is 0 Å². The Bertz CT molecular complexity index is 368. The molecule has 28 heavy (non-hydrogen) atoms. The number of hydrogen-bond acceptors (Lipinski definition) is 2. The topological polar surface area (TPSA) is 18.5 Å². The highest BCUT2D eigenvalue weighted by Crippen LogP contribution is 2.39. The molecule has 0 spiro atoms. The lowest BCUT2D eigenvalue weighted by Crippen LogP contribution is -2.36. The van der Waals surface area contributed by atoms with E-state index in [1.54, 1.807) is 0 Å². The first-order valence-corrected chi connectivity index (χ1v) is 11.0. The first-order chi connectivity index (χ1) is 13.3. The molecule has 1 atom stereocenters. The Morgan fingerprint density at radius 1 is 0.679 bits per heavy atom. The zero-order valence-electron chi connectivity index (χ0n) is 17.0. The minimum Gasteiger partial charge on any atom is -0.353 e. The summed E-state index contributed by atoms with van der Waals surface area (Å²) in [4.78, 5) is 0. The van der Waals surface area contributed by atoms with Crippen LogP contribution in [0.1, 0.15) is 103 Å². The zero-order chi connectivity index (χ0) is 20.7. The van der Waals surface area contributed by atoms with Crippen molar-refractivity contribution in [2.24, 2.45) is 0 Å². The summed E-state index contributed by atoms with van der Waals surface area (Å²) in [5.41, 5.74) is 0. The Morgan fingerprint density at radius 2 is 1.14 bits per heavy atom. The third-order valence-electron chi connectivity index (χ3n) is 5.24. The van der Waals surface area contributed by atoms with Crippen LogP contribution in [0.2, 0.25) is 0 Å².